The summed E-state index contributed by atoms with van der Waals surface area (Å²) >= 11 is 1.74. The number of rotatable bonds is 2. The molecule has 0 aliphatic rings. The van der Waals surface area contributed by atoms with Gasteiger partial charge in [0.25, 0.3) is 0 Å². The predicted molar refractivity (Wildman–Crippen MR) is 59.9 cm³/mol. The van der Waals surface area contributed by atoms with Gasteiger partial charge in [0, 0.05) is 10.4 Å². The zero-order valence-electron chi connectivity index (χ0n) is 7.86. The summed E-state index contributed by atoms with van der Waals surface area (Å²) in [5.74, 6) is 0. The molecule has 0 saturated heterocycles. The molecule has 2 aromatic rings. The van der Waals surface area contributed by atoms with Gasteiger partial charge >= 0.3 is 0 Å². The fourth-order valence-electron chi connectivity index (χ4n) is 1.35. The normalized spacial score (nSPS) is 10.1. The van der Waals surface area contributed by atoms with Crippen LogP contribution >= 0.6 is 11.3 Å². The minimum absolute atomic E-state index is 0.723. The lowest BCUT2D eigenvalue weighted by atomic mass is 10.1. The highest BCUT2D eigenvalue weighted by Gasteiger charge is 1.99. The SMILES string of the molecule is Cc1cc(-c2ccc(C=O)cc2)cs1. The number of thiophene rings is 1. The Hall–Kier alpha value is -1.41. The smallest absolute Gasteiger partial charge is 0.150 e. The van der Waals surface area contributed by atoms with E-state index in [-0.39, 0.29) is 0 Å². The molecule has 0 unspecified atom stereocenters. The van der Waals surface area contributed by atoms with Crippen LogP contribution < -0.4 is 0 Å². The average Bonchev–Trinajstić information content (AvgIpc) is 2.65. The molecule has 0 bridgehead atoms. The van der Waals surface area contributed by atoms with Gasteiger partial charge in [-0.1, -0.05) is 24.3 Å². The van der Waals surface area contributed by atoms with E-state index in [1.165, 1.54) is 16.0 Å². The van der Waals surface area contributed by atoms with Crippen molar-refractivity contribution in [1.82, 2.24) is 0 Å². The molecule has 0 atom stereocenters. The highest BCUT2D eigenvalue weighted by molar-refractivity contribution is 7.10. The van der Waals surface area contributed by atoms with Crippen molar-refractivity contribution in [2.75, 3.05) is 0 Å². The number of carbonyl (C=O) groups excluding carboxylic acids is 1. The first-order valence-electron chi connectivity index (χ1n) is 4.40. The number of hydrogen-bond acceptors (Lipinski definition) is 2. The van der Waals surface area contributed by atoms with E-state index in [9.17, 15) is 4.79 Å². The Kier molecular flexibility index (Phi) is 2.46. The van der Waals surface area contributed by atoms with Crippen molar-refractivity contribution in [1.29, 1.82) is 0 Å². The third-order valence-corrected chi connectivity index (χ3v) is 2.97. The fourth-order valence-corrected chi connectivity index (χ4v) is 2.06. The van der Waals surface area contributed by atoms with Gasteiger partial charge in [0.15, 0.2) is 0 Å². The van der Waals surface area contributed by atoms with Crippen molar-refractivity contribution in [3.63, 3.8) is 0 Å². The van der Waals surface area contributed by atoms with Gasteiger partial charge in [0.2, 0.25) is 0 Å². The van der Waals surface area contributed by atoms with Crippen molar-refractivity contribution in [2.45, 2.75) is 6.92 Å². The van der Waals surface area contributed by atoms with Gasteiger partial charge in [-0.2, -0.15) is 0 Å². The number of carbonyl (C=O) groups is 1. The van der Waals surface area contributed by atoms with Crippen LogP contribution in [0.2, 0.25) is 0 Å². The molecular formula is C12H10OS. The summed E-state index contributed by atoms with van der Waals surface area (Å²) in [6.07, 6.45) is 0.864. The summed E-state index contributed by atoms with van der Waals surface area (Å²) in [5.41, 5.74) is 3.12. The van der Waals surface area contributed by atoms with E-state index in [0.717, 1.165) is 11.8 Å². The summed E-state index contributed by atoms with van der Waals surface area (Å²) in [4.78, 5) is 11.8. The van der Waals surface area contributed by atoms with Crippen molar-refractivity contribution in [3.05, 3.63) is 46.2 Å². The Balaban J connectivity index is 2.38. The first kappa shape index (κ1) is 9.16. The molecule has 0 N–H and O–H groups in total. The molecule has 14 heavy (non-hydrogen) atoms. The topological polar surface area (TPSA) is 17.1 Å². The third kappa shape index (κ3) is 1.75. The summed E-state index contributed by atoms with van der Waals surface area (Å²) in [6.45, 7) is 2.09. The predicted octanol–water partition coefficient (Wildman–Crippen LogP) is 3.54. The van der Waals surface area contributed by atoms with E-state index < -0.39 is 0 Å². The van der Waals surface area contributed by atoms with Crippen molar-refractivity contribution >= 4 is 17.6 Å². The molecule has 1 aromatic heterocycles. The molecule has 0 fully saturated rings. The maximum Gasteiger partial charge on any atom is 0.150 e. The summed E-state index contributed by atoms with van der Waals surface area (Å²) < 4.78 is 0. The monoisotopic (exact) mass is 202 g/mol. The van der Waals surface area contributed by atoms with E-state index >= 15 is 0 Å². The van der Waals surface area contributed by atoms with Gasteiger partial charge in [-0.15, -0.1) is 11.3 Å². The lowest BCUT2D eigenvalue weighted by Crippen LogP contribution is -1.78. The first-order valence-corrected chi connectivity index (χ1v) is 5.28. The second-order valence-corrected chi connectivity index (χ2v) is 4.30. The van der Waals surface area contributed by atoms with E-state index in [1.807, 2.05) is 24.3 Å². The average molecular weight is 202 g/mol. The molecule has 70 valence electrons. The quantitative estimate of drug-likeness (QED) is 0.681. The maximum atomic E-state index is 10.5. The Morgan fingerprint density at radius 3 is 2.36 bits per heavy atom. The zero-order valence-corrected chi connectivity index (χ0v) is 8.67. The highest BCUT2D eigenvalue weighted by Crippen LogP contribution is 2.24. The molecule has 1 heterocycles. The van der Waals surface area contributed by atoms with Gasteiger partial charge < -0.3 is 0 Å². The lowest BCUT2D eigenvalue weighted by molar-refractivity contribution is 0.112. The molecule has 0 aliphatic heterocycles. The van der Waals surface area contributed by atoms with Crippen molar-refractivity contribution < 1.29 is 4.79 Å². The molecule has 0 aliphatic carbocycles. The minimum atomic E-state index is 0.723. The van der Waals surface area contributed by atoms with E-state index in [1.54, 1.807) is 11.3 Å². The minimum Gasteiger partial charge on any atom is -0.298 e. The molecule has 0 spiro atoms. The summed E-state index contributed by atoms with van der Waals surface area (Å²) in [6, 6.07) is 9.79. The molecule has 1 nitrogen and oxygen atoms in total. The van der Waals surface area contributed by atoms with Crippen LogP contribution in [0.4, 0.5) is 0 Å². The Morgan fingerprint density at radius 1 is 1.14 bits per heavy atom. The molecule has 0 amide bonds. The first-order chi connectivity index (χ1) is 6.79. The Morgan fingerprint density at radius 2 is 1.86 bits per heavy atom. The van der Waals surface area contributed by atoms with E-state index in [0.29, 0.717) is 0 Å². The number of hydrogen-bond donors (Lipinski definition) is 0. The molecule has 2 rings (SSSR count). The lowest BCUT2D eigenvalue weighted by Gasteiger charge is -1.96. The molecular weight excluding hydrogens is 192 g/mol. The van der Waals surface area contributed by atoms with Gasteiger partial charge in [0.1, 0.15) is 6.29 Å². The Labute approximate surface area is 87.0 Å². The van der Waals surface area contributed by atoms with Gasteiger partial charge in [-0.05, 0) is 29.5 Å². The van der Waals surface area contributed by atoms with Crippen LogP contribution in [0.3, 0.4) is 0 Å². The Bertz CT molecular complexity index is 440. The van der Waals surface area contributed by atoms with Crippen LogP contribution in [-0.4, -0.2) is 6.29 Å². The van der Waals surface area contributed by atoms with Crippen molar-refractivity contribution in [3.8, 4) is 11.1 Å². The van der Waals surface area contributed by atoms with E-state index in [4.69, 9.17) is 0 Å². The van der Waals surface area contributed by atoms with Crippen molar-refractivity contribution in [2.24, 2.45) is 0 Å². The third-order valence-electron chi connectivity index (χ3n) is 2.11. The summed E-state index contributed by atoms with van der Waals surface area (Å²) in [7, 11) is 0. The van der Waals surface area contributed by atoms with Crippen LogP contribution in [0, 0.1) is 6.92 Å². The maximum absolute atomic E-state index is 10.5. The zero-order chi connectivity index (χ0) is 9.97. The standard InChI is InChI=1S/C12H10OS/c1-9-6-12(8-14-9)11-4-2-10(7-13)3-5-11/h2-8H,1H3. The van der Waals surface area contributed by atoms with Gasteiger partial charge in [-0.3, -0.25) is 4.79 Å². The number of aldehydes is 1. The fraction of sp³-hybridized carbons (Fsp3) is 0.0833. The van der Waals surface area contributed by atoms with Crippen LogP contribution in [0.1, 0.15) is 15.2 Å². The molecule has 0 saturated carbocycles. The van der Waals surface area contributed by atoms with Crippen LogP contribution in [-0.2, 0) is 0 Å². The van der Waals surface area contributed by atoms with Gasteiger partial charge in [0.05, 0.1) is 0 Å². The number of aryl methyl sites for hydroxylation is 1. The second kappa shape index (κ2) is 3.76. The van der Waals surface area contributed by atoms with Crippen LogP contribution in [0.15, 0.2) is 35.7 Å². The summed E-state index contributed by atoms with van der Waals surface area (Å²) in [5, 5.41) is 2.13. The molecule has 2 heteroatoms. The highest BCUT2D eigenvalue weighted by atomic mass is 32.1. The second-order valence-electron chi connectivity index (χ2n) is 3.19. The van der Waals surface area contributed by atoms with Crippen LogP contribution in [0.5, 0.6) is 0 Å². The molecule has 1 aromatic carbocycles. The van der Waals surface area contributed by atoms with Crippen LogP contribution in [0.25, 0.3) is 11.1 Å². The van der Waals surface area contributed by atoms with Gasteiger partial charge in [-0.25, -0.2) is 0 Å². The number of benzene rings is 1. The molecule has 0 radical (unpaired) electrons. The largest absolute Gasteiger partial charge is 0.298 e. The van der Waals surface area contributed by atoms with E-state index in [2.05, 4.69) is 18.4 Å².